The van der Waals surface area contributed by atoms with E-state index in [1.165, 1.54) is 0 Å². The van der Waals surface area contributed by atoms with Crippen molar-refractivity contribution >= 4 is 11.6 Å². The average molecular weight is 270 g/mol. The average Bonchev–Trinajstić information content (AvgIpc) is 2.46. The van der Waals surface area contributed by atoms with Crippen molar-refractivity contribution in [3.05, 3.63) is 42.4 Å². The molecule has 0 saturated heterocycles. The van der Waals surface area contributed by atoms with Gasteiger partial charge in [-0.25, -0.2) is 0 Å². The normalized spacial score (nSPS) is 10.6. The molecule has 104 valence electrons. The highest BCUT2D eigenvalue weighted by Gasteiger charge is 2.14. The molecule has 0 bridgehead atoms. The second-order valence-electron chi connectivity index (χ2n) is 4.97. The Kier molecular flexibility index (Phi) is 4.30. The number of nitrogens with two attached hydrogens (primary N) is 1. The molecule has 3 N–H and O–H groups in total. The Hall–Kier alpha value is -2.43. The molecular formula is C15H18N4O. The van der Waals surface area contributed by atoms with E-state index in [0.29, 0.717) is 29.4 Å². The van der Waals surface area contributed by atoms with Crippen molar-refractivity contribution in [1.82, 2.24) is 15.3 Å². The standard InChI is InChI=1S/C15H18N4O/c1-10(2)8-19-15(20)12-5-7-18-14(13(12)16)11-4-3-6-17-9-11/h3-7,9-10H,8,16H2,1-2H3,(H,19,20). The van der Waals surface area contributed by atoms with E-state index in [-0.39, 0.29) is 5.91 Å². The lowest BCUT2D eigenvalue weighted by Gasteiger charge is -2.11. The summed E-state index contributed by atoms with van der Waals surface area (Å²) < 4.78 is 0. The van der Waals surface area contributed by atoms with Gasteiger partial charge < -0.3 is 11.1 Å². The van der Waals surface area contributed by atoms with E-state index in [9.17, 15) is 4.79 Å². The van der Waals surface area contributed by atoms with Crippen molar-refractivity contribution in [3.8, 4) is 11.3 Å². The molecule has 0 aliphatic heterocycles. The third-order valence-corrected chi connectivity index (χ3v) is 2.84. The van der Waals surface area contributed by atoms with Crippen molar-refractivity contribution in [3.63, 3.8) is 0 Å². The number of anilines is 1. The number of nitrogen functional groups attached to an aromatic ring is 1. The van der Waals surface area contributed by atoms with Crippen LogP contribution in [0.2, 0.25) is 0 Å². The van der Waals surface area contributed by atoms with Gasteiger partial charge in [-0.15, -0.1) is 0 Å². The highest BCUT2D eigenvalue weighted by Crippen LogP contribution is 2.25. The summed E-state index contributed by atoms with van der Waals surface area (Å²) in [5, 5.41) is 2.86. The second-order valence-corrected chi connectivity index (χ2v) is 4.97. The van der Waals surface area contributed by atoms with E-state index >= 15 is 0 Å². The Balaban J connectivity index is 2.31. The topological polar surface area (TPSA) is 80.9 Å². The number of pyridine rings is 2. The molecule has 0 saturated carbocycles. The van der Waals surface area contributed by atoms with Crippen molar-refractivity contribution in [2.45, 2.75) is 13.8 Å². The predicted octanol–water partition coefficient (Wildman–Crippen LogP) is 2.11. The maximum Gasteiger partial charge on any atom is 0.253 e. The van der Waals surface area contributed by atoms with Crippen molar-refractivity contribution in [1.29, 1.82) is 0 Å². The van der Waals surface area contributed by atoms with Gasteiger partial charge in [0, 0.05) is 30.7 Å². The van der Waals surface area contributed by atoms with Gasteiger partial charge in [0.1, 0.15) is 0 Å². The van der Waals surface area contributed by atoms with Gasteiger partial charge >= 0.3 is 0 Å². The lowest BCUT2D eigenvalue weighted by Crippen LogP contribution is -2.28. The van der Waals surface area contributed by atoms with E-state index in [1.807, 2.05) is 26.0 Å². The number of carbonyl (C=O) groups excluding carboxylic acids is 1. The number of hydrogen-bond donors (Lipinski definition) is 2. The number of hydrogen-bond acceptors (Lipinski definition) is 4. The monoisotopic (exact) mass is 270 g/mol. The highest BCUT2D eigenvalue weighted by atomic mass is 16.1. The van der Waals surface area contributed by atoms with Crippen LogP contribution >= 0.6 is 0 Å². The van der Waals surface area contributed by atoms with E-state index in [2.05, 4.69) is 15.3 Å². The fraction of sp³-hybridized carbons (Fsp3) is 0.267. The van der Waals surface area contributed by atoms with Crippen LogP contribution < -0.4 is 11.1 Å². The van der Waals surface area contributed by atoms with Crippen molar-refractivity contribution in [2.75, 3.05) is 12.3 Å². The van der Waals surface area contributed by atoms with Crippen LogP contribution in [-0.4, -0.2) is 22.4 Å². The van der Waals surface area contributed by atoms with E-state index in [0.717, 1.165) is 5.56 Å². The molecule has 2 rings (SSSR count). The Morgan fingerprint density at radius 2 is 2.15 bits per heavy atom. The number of rotatable bonds is 4. The zero-order valence-electron chi connectivity index (χ0n) is 11.6. The lowest BCUT2D eigenvalue weighted by atomic mass is 10.1. The molecule has 5 nitrogen and oxygen atoms in total. The van der Waals surface area contributed by atoms with Gasteiger partial charge in [0.15, 0.2) is 0 Å². The molecule has 2 aromatic rings. The van der Waals surface area contributed by atoms with Crippen LogP contribution in [0.5, 0.6) is 0 Å². The highest BCUT2D eigenvalue weighted by molar-refractivity contribution is 6.01. The Labute approximate surface area is 118 Å². The molecule has 0 atom stereocenters. The maximum absolute atomic E-state index is 12.1. The molecule has 1 amide bonds. The predicted molar refractivity (Wildman–Crippen MR) is 79.1 cm³/mol. The summed E-state index contributed by atoms with van der Waals surface area (Å²) >= 11 is 0. The first kappa shape index (κ1) is 14.0. The van der Waals surface area contributed by atoms with Gasteiger partial charge in [-0.2, -0.15) is 0 Å². The van der Waals surface area contributed by atoms with Crippen LogP contribution in [0.4, 0.5) is 5.69 Å². The summed E-state index contributed by atoms with van der Waals surface area (Å²) in [5.41, 5.74) is 8.27. The largest absolute Gasteiger partial charge is 0.396 e. The molecular weight excluding hydrogens is 252 g/mol. The minimum absolute atomic E-state index is 0.177. The molecule has 2 heterocycles. The van der Waals surface area contributed by atoms with Gasteiger partial charge in [0.05, 0.1) is 16.9 Å². The summed E-state index contributed by atoms with van der Waals surface area (Å²) in [6.45, 7) is 4.69. The molecule has 0 unspecified atom stereocenters. The van der Waals surface area contributed by atoms with Crippen LogP contribution in [0, 0.1) is 5.92 Å². The zero-order valence-corrected chi connectivity index (χ0v) is 11.6. The zero-order chi connectivity index (χ0) is 14.5. The summed E-state index contributed by atoms with van der Waals surface area (Å²) in [7, 11) is 0. The Morgan fingerprint density at radius 3 is 2.80 bits per heavy atom. The number of aromatic nitrogens is 2. The SMILES string of the molecule is CC(C)CNC(=O)c1ccnc(-c2cccnc2)c1N. The molecule has 5 heteroatoms. The molecule has 0 aliphatic rings. The first-order valence-corrected chi connectivity index (χ1v) is 6.52. The molecule has 20 heavy (non-hydrogen) atoms. The summed E-state index contributed by atoms with van der Waals surface area (Å²) in [6.07, 6.45) is 4.94. The van der Waals surface area contributed by atoms with E-state index in [4.69, 9.17) is 5.73 Å². The van der Waals surface area contributed by atoms with E-state index in [1.54, 1.807) is 24.7 Å². The summed E-state index contributed by atoms with van der Waals surface area (Å²) in [6, 6.07) is 5.30. The first-order valence-electron chi connectivity index (χ1n) is 6.52. The fourth-order valence-corrected chi connectivity index (χ4v) is 1.80. The van der Waals surface area contributed by atoms with Crippen LogP contribution in [0.1, 0.15) is 24.2 Å². The number of nitrogens with zero attached hydrogens (tertiary/aromatic N) is 2. The molecule has 0 aliphatic carbocycles. The summed E-state index contributed by atoms with van der Waals surface area (Å²) in [4.78, 5) is 20.4. The van der Waals surface area contributed by atoms with Crippen molar-refractivity contribution in [2.24, 2.45) is 5.92 Å². The third kappa shape index (κ3) is 3.12. The van der Waals surface area contributed by atoms with Gasteiger partial charge in [-0.3, -0.25) is 14.8 Å². The molecule has 0 spiro atoms. The minimum atomic E-state index is -0.177. The third-order valence-electron chi connectivity index (χ3n) is 2.84. The summed E-state index contributed by atoms with van der Waals surface area (Å²) in [5.74, 6) is 0.212. The fourth-order valence-electron chi connectivity index (χ4n) is 1.80. The van der Waals surface area contributed by atoms with Crippen LogP contribution in [-0.2, 0) is 0 Å². The lowest BCUT2D eigenvalue weighted by molar-refractivity contribution is 0.0950. The Bertz CT molecular complexity index is 596. The Morgan fingerprint density at radius 1 is 1.35 bits per heavy atom. The van der Waals surface area contributed by atoms with Crippen LogP contribution in [0.15, 0.2) is 36.8 Å². The van der Waals surface area contributed by atoms with E-state index < -0.39 is 0 Å². The van der Waals surface area contributed by atoms with Crippen LogP contribution in [0.25, 0.3) is 11.3 Å². The molecule has 2 aromatic heterocycles. The van der Waals surface area contributed by atoms with Crippen LogP contribution in [0.3, 0.4) is 0 Å². The van der Waals surface area contributed by atoms with Gasteiger partial charge in [0.2, 0.25) is 0 Å². The van der Waals surface area contributed by atoms with Crippen molar-refractivity contribution < 1.29 is 4.79 Å². The molecule has 0 aromatic carbocycles. The molecule has 0 radical (unpaired) electrons. The van der Waals surface area contributed by atoms with Gasteiger partial charge in [-0.05, 0) is 24.1 Å². The smallest absolute Gasteiger partial charge is 0.253 e. The second kappa shape index (κ2) is 6.14. The molecule has 0 fully saturated rings. The number of nitrogens with one attached hydrogen (secondary N) is 1. The van der Waals surface area contributed by atoms with Gasteiger partial charge in [0.25, 0.3) is 5.91 Å². The number of carbonyl (C=O) groups is 1. The maximum atomic E-state index is 12.1. The number of amides is 1. The quantitative estimate of drug-likeness (QED) is 0.891. The van der Waals surface area contributed by atoms with Gasteiger partial charge in [-0.1, -0.05) is 13.8 Å². The minimum Gasteiger partial charge on any atom is -0.396 e. The first-order chi connectivity index (χ1) is 9.59.